The van der Waals surface area contributed by atoms with Crippen LogP contribution in [0.5, 0.6) is 11.5 Å². The van der Waals surface area contributed by atoms with E-state index in [2.05, 4.69) is 5.32 Å². The van der Waals surface area contributed by atoms with Crippen LogP contribution in [-0.2, 0) is 6.54 Å². The number of methoxy groups -OCH3 is 2. The molecular weight excluding hydrogens is 278 g/mol. The molecule has 2 rings (SSSR count). The number of benzene rings is 1. The number of nitrogens with one attached hydrogen (secondary N) is 1. The quantitative estimate of drug-likeness (QED) is 0.848. The minimum atomic E-state index is -0.553. The van der Waals surface area contributed by atoms with Crippen molar-refractivity contribution in [3.8, 4) is 11.5 Å². The van der Waals surface area contributed by atoms with Crippen LogP contribution >= 0.6 is 11.6 Å². The Bertz CT molecular complexity index is 459. The van der Waals surface area contributed by atoms with E-state index in [4.69, 9.17) is 21.1 Å². The highest BCUT2D eigenvalue weighted by Gasteiger charge is 2.30. The van der Waals surface area contributed by atoms with Crippen molar-refractivity contribution in [3.05, 3.63) is 22.7 Å². The maximum atomic E-state index is 10.3. The van der Waals surface area contributed by atoms with E-state index in [1.165, 1.54) is 0 Å². The van der Waals surface area contributed by atoms with Crippen LogP contribution in [0.2, 0.25) is 5.02 Å². The summed E-state index contributed by atoms with van der Waals surface area (Å²) in [5, 5.41) is 14.1. The van der Waals surface area contributed by atoms with Gasteiger partial charge in [-0.25, -0.2) is 0 Å². The van der Waals surface area contributed by atoms with Crippen molar-refractivity contribution in [1.82, 2.24) is 5.32 Å². The Kier molecular flexibility index (Phi) is 5.13. The van der Waals surface area contributed by atoms with Crippen LogP contribution < -0.4 is 14.8 Å². The Morgan fingerprint density at radius 1 is 1.25 bits per heavy atom. The summed E-state index contributed by atoms with van der Waals surface area (Å²) in [4.78, 5) is 0. The van der Waals surface area contributed by atoms with E-state index in [-0.39, 0.29) is 0 Å². The molecule has 0 unspecified atom stereocenters. The van der Waals surface area contributed by atoms with E-state index in [0.717, 1.165) is 31.2 Å². The predicted molar refractivity (Wildman–Crippen MR) is 79.7 cm³/mol. The van der Waals surface area contributed by atoms with Gasteiger partial charge in [-0.2, -0.15) is 0 Å². The maximum Gasteiger partial charge on any atom is 0.179 e. The molecule has 1 aromatic rings. The molecule has 0 aliphatic heterocycles. The number of rotatable bonds is 6. The van der Waals surface area contributed by atoms with Gasteiger partial charge in [0.05, 0.1) is 24.8 Å². The molecule has 112 valence electrons. The van der Waals surface area contributed by atoms with Crippen LogP contribution in [0.1, 0.15) is 31.2 Å². The van der Waals surface area contributed by atoms with Gasteiger partial charge in [-0.3, -0.25) is 0 Å². The molecule has 0 saturated heterocycles. The highest BCUT2D eigenvalue weighted by atomic mass is 35.5. The number of aliphatic hydroxyl groups is 1. The average Bonchev–Trinajstić information content (AvgIpc) is 2.87. The zero-order chi connectivity index (χ0) is 14.6. The van der Waals surface area contributed by atoms with E-state index >= 15 is 0 Å². The van der Waals surface area contributed by atoms with Gasteiger partial charge in [0.1, 0.15) is 0 Å². The molecule has 0 heterocycles. The number of halogens is 1. The van der Waals surface area contributed by atoms with Gasteiger partial charge in [0.15, 0.2) is 11.5 Å². The Morgan fingerprint density at radius 2 is 1.95 bits per heavy atom. The molecule has 4 nitrogen and oxygen atoms in total. The zero-order valence-corrected chi connectivity index (χ0v) is 12.8. The highest BCUT2D eigenvalue weighted by molar-refractivity contribution is 6.33. The Balaban J connectivity index is 1.99. The maximum absolute atomic E-state index is 10.3. The smallest absolute Gasteiger partial charge is 0.179 e. The zero-order valence-electron chi connectivity index (χ0n) is 12.0. The van der Waals surface area contributed by atoms with Gasteiger partial charge in [-0.1, -0.05) is 30.5 Å². The van der Waals surface area contributed by atoms with Gasteiger partial charge in [-0.05, 0) is 24.5 Å². The van der Waals surface area contributed by atoms with Crippen LogP contribution in [0.3, 0.4) is 0 Å². The topological polar surface area (TPSA) is 50.7 Å². The fraction of sp³-hybridized carbons (Fsp3) is 0.600. The third-order valence-corrected chi connectivity index (χ3v) is 4.28. The fourth-order valence-corrected chi connectivity index (χ4v) is 3.01. The monoisotopic (exact) mass is 299 g/mol. The third-order valence-electron chi connectivity index (χ3n) is 3.87. The number of ether oxygens (including phenoxy) is 2. The average molecular weight is 300 g/mol. The molecule has 20 heavy (non-hydrogen) atoms. The summed E-state index contributed by atoms with van der Waals surface area (Å²) in [5.74, 6) is 1.17. The van der Waals surface area contributed by atoms with Gasteiger partial charge < -0.3 is 19.9 Å². The van der Waals surface area contributed by atoms with E-state index in [0.29, 0.717) is 29.6 Å². The first-order chi connectivity index (χ1) is 9.59. The molecule has 0 amide bonds. The van der Waals surface area contributed by atoms with Crippen LogP contribution in [0.25, 0.3) is 0 Å². The summed E-state index contributed by atoms with van der Waals surface area (Å²) in [7, 11) is 3.16. The van der Waals surface area contributed by atoms with Crippen molar-refractivity contribution in [2.45, 2.75) is 37.8 Å². The van der Waals surface area contributed by atoms with Gasteiger partial charge in [0.25, 0.3) is 0 Å². The molecule has 0 radical (unpaired) electrons. The first kappa shape index (κ1) is 15.4. The van der Waals surface area contributed by atoms with E-state index < -0.39 is 5.60 Å². The summed E-state index contributed by atoms with van der Waals surface area (Å²) in [6.07, 6.45) is 3.96. The largest absolute Gasteiger partial charge is 0.493 e. The van der Waals surface area contributed by atoms with Crippen molar-refractivity contribution in [2.24, 2.45) is 0 Å². The van der Waals surface area contributed by atoms with Crippen molar-refractivity contribution < 1.29 is 14.6 Å². The molecule has 0 bridgehead atoms. The van der Waals surface area contributed by atoms with Gasteiger partial charge in [0, 0.05) is 13.1 Å². The molecule has 1 aromatic carbocycles. The van der Waals surface area contributed by atoms with Crippen molar-refractivity contribution in [1.29, 1.82) is 0 Å². The molecule has 1 aliphatic carbocycles. The minimum Gasteiger partial charge on any atom is -0.493 e. The Hall–Kier alpha value is -0.970. The van der Waals surface area contributed by atoms with Crippen molar-refractivity contribution in [3.63, 3.8) is 0 Å². The molecule has 0 spiro atoms. The lowest BCUT2D eigenvalue weighted by Crippen LogP contribution is -2.37. The lowest BCUT2D eigenvalue weighted by Gasteiger charge is -2.22. The molecule has 1 aliphatic rings. The molecule has 1 saturated carbocycles. The van der Waals surface area contributed by atoms with E-state index in [9.17, 15) is 5.11 Å². The summed E-state index contributed by atoms with van der Waals surface area (Å²) < 4.78 is 10.5. The lowest BCUT2D eigenvalue weighted by molar-refractivity contribution is 0.0475. The SMILES string of the molecule is COc1ccc(CNCC2(O)CCCC2)c(Cl)c1OC. The normalized spacial score (nSPS) is 17.2. The van der Waals surface area contributed by atoms with Gasteiger partial charge in [0.2, 0.25) is 0 Å². The molecule has 0 atom stereocenters. The summed E-state index contributed by atoms with van der Waals surface area (Å²) in [5.41, 5.74) is 0.383. The molecule has 1 fully saturated rings. The van der Waals surface area contributed by atoms with Crippen LogP contribution in [0.15, 0.2) is 12.1 Å². The van der Waals surface area contributed by atoms with E-state index in [1.807, 2.05) is 12.1 Å². The second-order valence-electron chi connectivity index (χ2n) is 5.31. The highest BCUT2D eigenvalue weighted by Crippen LogP contribution is 2.37. The Labute approximate surface area is 125 Å². The minimum absolute atomic E-state index is 0.549. The second kappa shape index (κ2) is 6.66. The van der Waals surface area contributed by atoms with E-state index in [1.54, 1.807) is 14.2 Å². The third kappa shape index (κ3) is 3.37. The standard InChI is InChI=1S/C15H22ClNO3/c1-19-12-6-5-11(13(16)14(12)20-2)9-17-10-15(18)7-3-4-8-15/h5-6,17-18H,3-4,7-10H2,1-2H3. The second-order valence-corrected chi connectivity index (χ2v) is 5.69. The number of hydrogen-bond donors (Lipinski definition) is 2. The summed E-state index contributed by atoms with van der Waals surface area (Å²) in [6.45, 7) is 1.19. The van der Waals surface area contributed by atoms with Gasteiger partial charge >= 0.3 is 0 Å². The predicted octanol–water partition coefficient (Wildman–Crippen LogP) is 2.75. The fourth-order valence-electron chi connectivity index (χ4n) is 2.71. The molecule has 2 N–H and O–H groups in total. The molecular formula is C15H22ClNO3. The van der Waals surface area contributed by atoms with Crippen molar-refractivity contribution >= 4 is 11.6 Å². The first-order valence-electron chi connectivity index (χ1n) is 6.92. The van der Waals surface area contributed by atoms with Gasteiger partial charge in [-0.15, -0.1) is 0 Å². The molecule has 5 heteroatoms. The molecule has 0 aromatic heterocycles. The first-order valence-corrected chi connectivity index (χ1v) is 7.30. The van der Waals surface area contributed by atoms with Crippen LogP contribution in [0.4, 0.5) is 0 Å². The Morgan fingerprint density at radius 3 is 2.55 bits per heavy atom. The summed E-state index contributed by atoms with van der Waals surface area (Å²) in [6, 6.07) is 3.75. The van der Waals surface area contributed by atoms with Crippen LogP contribution in [-0.4, -0.2) is 31.5 Å². The van der Waals surface area contributed by atoms with Crippen molar-refractivity contribution in [2.75, 3.05) is 20.8 Å². The lowest BCUT2D eigenvalue weighted by atomic mass is 10.0. The van der Waals surface area contributed by atoms with Crippen LogP contribution in [0, 0.1) is 0 Å². The number of hydrogen-bond acceptors (Lipinski definition) is 4. The summed E-state index contributed by atoms with van der Waals surface area (Å²) >= 11 is 6.32.